The van der Waals surface area contributed by atoms with Crippen molar-refractivity contribution in [2.75, 3.05) is 26.4 Å². The molecule has 0 fully saturated rings. The molecule has 0 aliphatic heterocycles. The van der Waals surface area contributed by atoms with Gasteiger partial charge in [0, 0.05) is 25.7 Å². The van der Waals surface area contributed by atoms with Gasteiger partial charge in [0.1, 0.15) is 31.8 Å². The molecule has 0 spiro atoms. The molecule has 81 heavy (non-hydrogen) atoms. The van der Waals surface area contributed by atoms with E-state index < -0.39 is 5.41 Å². The second-order valence-electron chi connectivity index (χ2n) is 26.7. The van der Waals surface area contributed by atoms with E-state index in [1.165, 1.54) is 308 Å². The first-order chi connectivity index (χ1) is 39.4. The number of hydrogen-bond donors (Lipinski definition) is 0. The van der Waals surface area contributed by atoms with Crippen molar-refractivity contribution in [1.29, 1.82) is 0 Å². The zero-order chi connectivity index (χ0) is 59.5. The number of hydrogen-bond acceptors (Lipinski definition) is 8. The Morgan fingerprint density at radius 2 is 0.370 bits per heavy atom. The molecular weight excluding hydrogens is 1070 g/mol. The summed E-state index contributed by atoms with van der Waals surface area (Å²) < 4.78 is 26.6. The monoisotopic (exact) mass is 1210 g/mol. The van der Waals surface area contributed by atoms with Crippen molar-refractivity contribution < 1.29 is 18.9 Å². The van der Waals surface area contributed by atoms with Crippen LogP contribution in [0.1, 0.15) is 389 Å². The van der Waals surface area contributed by atoms with Crippen molar-refractivity contribution in [3.05, 3.63) is 0 Å². The highest BCUT2D eigenvalue weighted by atomic mass is 32.1. The van der Waals surface area contributed by atoms with Crippen molar-refractivity contribution in [3.8, 4) is 0 Å². The van der Waals surface area contributed by atoms with E-state index >= 15 is 0 Å². The van der Waals surface area contributed by atoms with Crippen LogP contribution in [0.3, 0.4) is 0 Å². The molecule has 0 aromatic carbocycles. The lowest BCUT2D eigenvalue weighted by molar-refractivity contribution is -0.0171. The lowest BCUT2D eigenvalue weighted by Crippen LogP contribution is -2.43. The van der Waals surface area contributed by atoms with Gasteiger partial charge in [-0.1, -0.05) is 364 Å². The van der Waals surface area contributed by atoms with Crippen LogP contribution in [0.25, 0.3) is 0 Å². The minimum absolute atomic E-state index is 0.307. The lowest BCUT2D eigenvalue weighted by Gasteiger charge is -2.34. The van der Waals surface area contributed by atoms with Gasteiger partial charge in [0.2, 0.25) is 0 Å². The average molecular weight is 1210 g/mol. The van der Waals surface area contributed by atoms with Crippen LogP contribution >= 0.6 is 48.9 Å². The predicted octanol–water partition coefficient (Wildman–Crippen LogP) is 26.3. The van der Waals surface area contributed by atoms with Crippen molar-refractivity contribution in [1.82, 2.24) is 0 Å². The standard InChI is InChI=1S/C73H140O4S4/c1-9-13-17-21-25-29-33-37-41-45-49-53-65(5)57-69(78)74-61-73(62-75-70(79)58-66(6)54-50-46-42-38-34-30-26-22-18-14-10-2,63-76-71(80)59-67(7)55-51-47-43-39-35-31-27-23-19-15-11-3)64-77-72(81)60-68(8)56-52-48-44-40-36-32-28-24-20-16-12-4/h65-68H,9-64H2,1-8H3. The normalized spacial score (nSPS) is 13.8. The first-order valence-electron chi connectivity index (χ1n) is 36.0. The van der Waals surface area contributed by atoms with E-state index in [2.05, 4.69) is 55.4 Å². The second-order valence-corrected chi connectivity index (χ2v) is 28.5. The Bertz CT molecular complexity index is 1180. The lowest BCUT2D eigenvalue weighted by atomic mass is 9.91. The van der Waals surface area contributed by atoms with E-state index in [4.69, 9.17) is 67.8 Å². The average Bonchev–Trinajstić information content (AvgIpc) is 3.46. The molecule has 0 bridgehead atoms. The summed E-state index contributed by atoms with van der Waals surface area (Å²) in [5.41, 5.74) is -0.709. The smallest absolute Gasteiger partial charge is 0.159 e. The molecule has 0 N–H and O–H groups in total. The van der Waals surface area contributed by atoms with Crippen LogP contribution in [0.4, 0.5) is 0 Å². The molecule has 480 valence electrons. The maximum atomic E-state index is 6.65. The third-order valence-electron chi connectivity index (χ3n) is 17.4. The van der Waals surface area contributed by atoms with Gasteiger partial charge < -0.3 is 18.9 Å². The Morgan fingerprint density at radius 3 is 0.519 bits per heavy atom. The van der Waals surface area contributed by atoms with Gasteiger partial charge in [0.15, 0.2) is 20.2 Å². The molecule has 0 aliphatic carbocycles. The number of thiocarbonyl (C=S) groups is 4. The molecule has 0 radical (unpaired) electrons. The van der Waals surface area contributed by atoms with Gasteiger partial charge in [-0.05, 0) is 72.5 Å². The molecular formula is C73H140O4S4. The summed E-state index contributed by atoms with van der Waals surface area (Å²) in [6.07, 6.45) is 67.6. The minimum atomic E-state index is -0.709. The molecule has 0 amide bonds. The topological polar surface area (TPSA) is 36.9 Å². The molecule has 0 saturated carbocycles. The van der Waals surface area contributed by atoms with Crippen LogP contribution in [0.15, 0.2) is 0 Å². The van der Waals surface area contributed by atoms with Gasteiger partial charge >= 0.3 is 0 Å². The predicted molar refractivity (Wildman–Crippen MR) is 376 cm³/mol. The zero-order valence-corrected chi connectivity index (χ0v) is 58.9. The molecule has 0 aliphatic rings. The van der Waals surface area contributed by atoms with E-state index in [9.17, 15) is 0 Å². The van der Waals surface area contributed by atoms with Gasteiger partial charge in [0.25, 0.3) is 0 Å². The van der Waals surface area contributed by atoms with E-state index in [1.54, 1.807) is 0 Å². The summed E-state index contributed by atoms with van der Waals surface area (Å²) in [4.78, 5) is 0. The largest absolute Gasteiger partial charge is 0.486 e. The van der Waals surface area contributed by atoms with E-state index in [0.29, 0.717) is 70.3 Å². The van der Waals surface area contributed by atoms with E-state index in [-0.39, 0.29) is 0 Å². The Hall–Kier alpha value is -0.440. The fourth-order valence-electron chi connectivity index (χ4n) is 11.6. The quantitative estimate of drug-likeness (QED) is 0.0441. The fraction of sp³-hybridized carbons (Fsp3) is 0.945. The third-order valence-corrected chi connectivity index (χ3v) is 18.6. The first kappa shape index (κ1) is 80.6. The van der Waals surface area contributed by atoms with Gasteiger partial charge in [-0.2, -0.15) is 0 Å². The highest BCUT2D eigenvalue weighted by molar-refractivity contribution is 7.80. The number of rotatable bonds is 64. The molecule has 0 aromatic heterocycles. The van der Waals surface area contributed by atoms with Crippen molar-refractivity contribution in [2.45, 2.75) is 389 Å². The third kappa shape index (κ3) is 57.1. The summed E-state index contributed by atoms with van der Waals surface area (Å²) >= 11 is 24.2. The molecule has 0 aromatic rings. The maximum Gasteiger partial charge on any atom is 0.159 e. The number of ether oxygens (including phenoxy) is 4. The summed E-state index contributed by atoms with van der Waals surface area (Å²) in [6, 6.07) is 0. The number of unbranched alkanes of at least 4 members (excludes halogenated alkanes) is 40. The Morgan fingerprint density at radius 1 is 0.235 bits per heavy atom. The van der Waals surface area contributed by atoms with Crippen molar-refractivity contribution in [3.63, 3.8) is 0 Å². The minimum Gasteiger partial charge on any atom is -0.486 e. The molecule has 8 heteroatoms. The summed E-state index contributed by atoms with van der Waals surface area (Å²) in [5, 5.41) is 2.63. The maximum absolute atomic E-state index is 6.65. The highest BCUT2D eigenvalue weighted by Crippen LogP contribution is 2.28. The molecule has 4 nitrogen and oxygen atoms in total. The Balaban J connectivity index is 5.80. The van der Waals surface area contributed by atoms with Gasteiger partial charge in [0.05, 0.1) is 0 Å². The Kier molecular flexibility index (Phi) is 60.9. The van der Waals surface area contributed by atoms with Gasteiger partial charge in [-0.15, -0.1) is 0 Å². The van der Waals surface area contributed by atoms with Crippen LogP contribution < -0.4 is 0 Å². The van der Waals surface area contributed by atoms with E-state index in [1.807, 2.05) is 0 Å². The summed E-state index contributed by atoms with van der Waals surface area (Å²) in [6.45, 7) is 19.7. The SMILES string of the molecule is CCCCCCCCCCCCCC(C)CC(=S)OCC(COC(=S)CC(C)CCCCCCCCCCCCC)(COC(=S)CC(C)CCCCCCCCCCCCC)COC(=S)CC(C)CCCCCCCCCCCCC. The fourth-order valence-corrected chi connectivity index (χ4v) is 13.0. The zero-order valence-electron chi connectivity index (χ0n) is 55.7. The van der Waals surface area contributed by atoms with Crippen molar-refractivity contribution >= 4 is 69.1 Å². The van der Waals surface area contributed by atoms with Gasteiger partial charge in [-0.3, -0.25) is 0 Å². The molecule has 0 heterocycles. The van der Waals surface area contributed by atoms with Gasteiger partial charge in [-0.25, -0.2) is 0 Å². The highest BCUT2D eigenvalue weighted by Gasteiger charge is 2.37. The van der Waals surface area contributed by atoms with E-state index in [0.717, 1.165) is 25.7 Å². The van der Waals surface area contributed by atoms with Crippen LogP contribution in [0, 0.1) is 29.1 Å². The summed E-state index contributed by atoms with van der Waals surface area (Å²) in [7, 11) is 0. The first-order valence-corrected chi connectivity index (χ1v) is 37.7. The van der Waals surface area contributed by atoms with Crippen LogP contribution in [0.5, 0.6) is 0 Å². The Labute approximate surface area is 529 Å². The molecule has 4 unspecified atom stereocenters. The van der Waals surface area contributed by atoms with Crippen LogP contribution in [0.2, 0.25) is 0 Å². The van der Waals surface area contributed by atoms with Crippen LogP contribution in [-0.2, 0) is 18.9 Å². The second kappa shape index (κ2) is 61.2. The molecule has 0 saturated heterocycles. The van der Waals surface area contributed by atoms with Crippen LogP contribution in [-0.4, -0.2) is 46.6 Å². The molecule has 4 atom stereocenters. The van der Waals surface area contributed by atoms with Crippen molar-refractivity contribution in [2.24, 2.45) is 29.1 Å². The molecule has 0 rings (SSSR count). The summed E-state index contributed by atoms with van der Waals surface area (Å²) in [5.74, 6) is 1.86.